The molecule has 2 rings (SSSR count). The largest absolute Gasteiger partial charge is 0.312 e. The zero-order valence-corrected chi connectivity index (χ0v) is 13.4. The van der Waals surface area contributed by atoms with E-state index < -0.39 is 0 Å². The SMILES string of the molecule is CCNC(Cc1ccsc1)C(C)(C)N1CCCCC1. The van der Waals surface area contributed by atoms with Crippen LogP contribution in [0.2, 0.25) is 0 Å². The molecule has 1 aromatic rings. The number of likely N-dealkylation sites (tertiary alicyclic amines) is 1. The summed E-state index contributed by atoms with van der Waals surface area (Å²) >= 11 is 1.80. The summed E-state index contributed by atoms with van der Waals surface area (Å²) in [7, 11) is 0. The van der Waals surface area contributed by atoms with Crippen LogP contribution in [-0.2, 0) is 6.42 Å². The lowest BCUT2D eigenvalue weighted by molar-refractivity contribution is 0.0616. The van der Waals surface area contributed by atoms with Crippen LogP contribution in [0.25, 0.3) is 0 Å². The van der Waals surface area contributed by atoms with Crippen molar-refractivity contribution in [2.24, 2.45) is 0 Å². The number of hydrogen-bond donors (Lipinski definition) is 1. The lowest BCUT2D eigenvalue weighted by Crippen LogP contribution is -2.59. The van der Waals surface area contributed by atoms with E-state index in [4.69, 9.17) is 0 Å². The number of hydrogen-bond acceptors (Lipinski definition) is 3. The van der Waals surface area contributed by atoms with Crippen LogP contribution in [0.15, 0.2) is 16.8 Å². The van der Waals surface area contributed by atoms with E-state index in [2.05, 4.69) is 47.8 Å². The molecular weight excluding hydrogens is 252 g/mol. The van der Waals surface area contributed by atoms with E-state index in [1.165, 1.54) is 37.9 Å². The molecule has 2 nitrogen and oxygen atoms in total. The normalized spacial score (nSPS) is 19.5. The molecule has 1 fully saturated rings. The Morgan fingerprint density at radius 2 is 2.05 bits per heavy atom. The Bertz CT molecular complexity index is 353. The molecule has 108 valence electrons. The summed E-state index contributed by atoms with van der Waals surface area (Å²) < 4.78 is 0. The second kappa shape index (κ2) is 6.87. The zero-order chi connectivity index (χ0) is 13.7. The Morgan fingerprint density at radius 1 is 1.32 bits per heavy atom. The van der Waals surface area contributed by atoms with Gasteiger partial charge in [-0.05, 0) is 75.1 Å². The molecule has 0 amide bonds. The van der Waals surface area contributed by atoms with Crippen molar-refractivity contribution in [1.29, 1.82) is 0 Å². The first-order chi connectivity index (χ1) is 9.14. The molecule has 1 aliphatic heterocycles. The van der Waals surface area contributed by atoms with Crippen molar-refractivity contribution in [1.82, 2.24) is 10.2 Å². The molecule has 1 unspecified atom stereocenters. The van der Waals surface area contributed by atoms with Gasteiger partial charge in [0, 0.05) is 11.6 Å². The zero-order valence-electron chi connectivity index (χ0n) is 12.6. The average molecular weight is 280 g/mol. The molecule has 0 spiro atoms. The van der Waals surface area contributed by atoms with Crippen molar-refractivity contribution in [2.45, 2.75) is 58.0 Å². The summed E-state index contributed by atoms with van der Waals surface area (Å²) in [6.07, 6.45) is 5.27. The molecule has 0 aliphatic carbocycles. The molecule has 3 heteroatoms. The number of nitrogens with one attached hydrogen (secondary N) is 1. The van der Waals surface area contributed by atoms with Crippen molar-refractivity contribution in [3.05, 3.63) is 22.4 Å². The van der Waals surface area contributed by atoms with Gasteiger partial charge in [-0.15, -0.1) is 0 Å². The van der Waals surface area contributed by atoms with E-state index in [1.807, 2.05) is 0 Å². The van der Waals surface area contributed by atoms with E-state index in [9.17, 15) is 0 Å². The monoisotopic (exact) mass is 280 g/mol. The van der Waals surface area contributed by atoms with Crippen molar-refractivity contribution >= 4 is 11.3 Å². The third kappa shape index (κ3) is 3.80. The van der Waals surface area contributed by atoms with Crippen LogP contribution < -0.4 is 5.32 Å². The van der Waals surface area contributed by atoms with Gasteiger partial charge in [-0.3, -0.25) is 4.90 Å². The molecule has 1 aromatic heterocycles. The van der Waals surface area contributed by atoms with Gasteiger partial charge in [0.05, 0.1) is 0 Å². The van der Waals surface area contributed by atoms with Crippen LogP contribution in [0.4, 0.5) is 0 Å². The van der Waals surface area contributed by atoms with Crippen LogP contribution in [0.1, 0.15) is 45.6 Å². The Balaban J connectivity index is 2.06. The van der Waals surface area contributed by atoms with Crippen molar-refractivity contribution in [3.8, 4) is 0 Å². The highest BCUT2D eigenvalue weighted by atomic mass is 32.1. The molecule has 0 radical (unpaired) electrons. The van der Waals surface area contributed by atoms with Crippen molar-refractivity contribution < 1.29 is 0 Å². The lowest BCUT2D eigenvalue weighted by atomic mass is 9.86. The molecular formula is C16H28N2S. The van der Waals surface area contributed by atoms with Gasteiger partial charge in [0.1, 0.15) is 0 Å². The van der Waals surface area contributed by atoms with Gasteiger partial charge < -0.3 is 5.32 Å². The number of nitrogens with zero attached hydrogens (tertiary/aromatic N) is 1. The van der Waals surface area contributed by atoms with Crippen molar-refractivity contribution in [3.63, 3.8) is 0 Å². The number of likely N-dealkylation sites (N-methyl/N-ethyl adjacent to an activating group) is 1. The standard InChI is InChI=1S/C16H28N2S/c1-4-17-15(12-14-8-11-19-13-14)16(2,3)18-9-6-5-7-10-18/h8,11,13,15,17H,4-7,9-10,12H2,1-3H3. The smallest absolute Gasteiger partial charge is 0.0309 e. The molecule has 0 bridgehead atoms. The van der Waals surface area contributed by atoms with Crippen LogP contribution in [0, 0.1) is 0 Å². The lowest BCUT2D eigenvalue weighted by Gasteiger charge is -2.46. The highest BCUT2D eigenvalue weighted by Crippen LogP contribution is 2.26. The van der Waals surface area contributed by atoms with Crippen LogP contribution in [0.3, 0.4) is 0 Å². The number of piperidine rings is 1. The van der Waals surface area contributed by atoms with Crippen LogP contribution in [0.5, 0.6) is 0 Å². The highest BCUT2D eigenvalue weighted by molar-refractivity contribution is 7.07. The van der Waals surface area contributed by atoms with Crippen LogP contribution >= 0.6 is 11.3 Å². The summed E-state index contributed by atoms with van der Waals surface area (Å²) in [6.45, 7) is 10.6. The van der Waals surface area contributed by atoms with E-state index >= 15 is 0 Å². The fourth-order valence-electron chi connectivity index (χ4n) is 3.15. The molecule has 19 heavy (non-hydrogen) atoms. The van der Waals surface area contributed by atoms with E-state index in [0.717, 1.165) is 13.0 Å². The first-order valence-electron chi connectivity index (χ1n) is 7.64. The maximum atomic E-state index is 3.72. The number of rotatable bonds is 6. The van der Waals surface area contributed by atoms with Crippen molar-refractivity contribution in [2.75, 3.05) is 19.6 Å². The predicted molar refractivity (Wildman–Crippen MR) is 85.0 cm³/mol. The Kier molecular flexibility index (Phi) is 5.43. The molecule has 1 N–H and O–H groups in total. The van der Waals surface area contributed by atoms with E-state index in [-0.39, 0.29) is 5.54 Å². The van der Waals surface area contributed by atoms with Crippen LogP contribution in [-0.4, -0.2) is 36.1 Å². The molecule has 1 atom stereocenters. The maximum Gasteiger partial charge on any atom is 0.0309 e. The average Bonchev–Trinajstić information content (AvgIpc) is 2.92. The predicted octanol–water partition coefficient (Wildman–Crippen LogP) is 3.53. The summed E-state index contributed by atoms with van der Waals surface area (Å²) in [5.74, 6) is 0. The second-order valence-corrected chi connectivity index (χ2v) is 6.93. The first kappa shape index (κ1) is 15.0. The van der Waals surface area contributed by atoms with Gasteiger partial charge in [0.15, 0.2) is 0 Å². The molecule has 0 saturated carbocycles. The van der Waals surface area contributed by atoms with E-state index in [0.29, 0.717) is 6.04 Å². The summed E-state index contributed by atoms with van der Waals surface area (Å²) in [6, 6.07) is 2.80. The molecule has 2 heterocycles. The molecule has 1 saturated heterocycles. The highest BCUT2D eigenvalue weighted by Gasteiger charge is 2.35. The maximum absolute atomic E-state index is 3.72. The summed E-state index contributed by atoms with van der Waals surface area (Å²) in [4.78, 5) is 2.69. The van der Waals surface area contributed by atoms with Gasteiger partial charge in [-0.2, -0.15) is 11.3 Å². The topological polar surface area (TPSA) is 15.3 Å². The molecule has 1 aliphatic rings. The van der Waals surface area contributed by atoms with Gasteiger partial charge in [0.25, 0.3) is 0 Å². The summed E-state index contributed by atoms with van der Waals surface area (Å²) in [5.41, 5.74) is 1.71. The minimum atomic E-state index is 0.234. The fraction of sp³-hybridized carbons (Fsp3) is 0.750. The first-order valence-corrected chi connectivity index (χ1v) is 8.58. The van der Waals surface area contributed by atoms with Gasteiger partial charge in [-0.1, -0.05) is 13.3 Å². The van der Waals surface area contributed by atoms with Gasteiger partial charge in [-0.25, -0.2) is 0 Å². The molecule has 0 aromatic carbocycles. The van der Waals surface area contributed by atoms with Gasteiger partial charge in [0.2, 0.25) is 0 Å². The Morgan fingerprint density at radius 3 is 2.63 bits per heavy atom. The number of thiophene rings is 1. The fourth-order valence-corrected chi connectivity index (χ4v) is 3.83. The van der Waals surface area contributed by atoms with E-state index in [1.54, 1.807) is 11.3 Å². The second-order valence-electron chi connectivity index (χ2n) is 6.15. The minimum absolute atomic E-state index is 0.234. The summed E-state index contributed by atoms with van der Waals surface area (Å²) in [5, 5.41) is 8.20. The minimum Gasteiger partial charge on any atom is -0.312 e. The van der Waals surface area contributed by atoms with Gasteiger partial charge >= 0.3 is 0 Å². The third-order valence-corrected chi connectivity index (χ3v) is 5.23. The Hall–Kier alpha value is -0.380. The Labute approximate surface area is 122 Å². The quantitative estimate of drug-likeness (QED) is 0.857. The third-order valence-electron chi connectivity index (χ3n) is 4.49.